The number of hydrogen-bond acceptors (Lipinski definition) is 0. The summed E-state index contributed by atoms with van der Waals surface area (Å²) in [6.07, 6.45) is 9.17. The zero-order valence-electron chi connectivity index (χ0n) is 26.0. The van der Waals surface area contributed by atoms with E-state index in [0.29, 0.717) is 6.42 Å². The first-order chi connectivity index (χ1) is 23.6. The predicted octanol–water partition coefficient (Wildman–Crippen LogP) is 19.8. The Hall–Kier alpha value is 6.56. The minimum absolute atomic E-state index is 0.614. The van der Waals surface area contributed by atoms with Gasteiger partial charge >= 0.3 is 0 Å². The first-order valence-electron chi connectivity index (χ1n) is 15.6. The standard InChI is InChI=1S/C34H24Br18/c35-24(16-6-2-1-3-8-18-10-7-12-22-20-11-5-4-9-19(20)13-14-21(18)22)23-15-17-25(36)27(38,26(23,37)30(43,44)32(47,48)28(24,39)40)31(45,46)34(51,52)33(49,50)29(25,41)42/h4-5,7,9-15H,1-3,6,8,16-17H2. The fraction of sp³-hybridized carbons (Fsp3) is 0.529. The number of fused-ring (bicyclic) bond motifs is 6. The lowest BCUT2D eigenvalue weighted by Gasteiger charge is -2.77. The van der Waals surface area contributed by atoms with Gasteiger partial charge in [-0.05, 0) is 58.4 Å². The van der Waals surface area contributed by atoms with Crippen LogP contribution in [0.4, 0.5) is 0 Å². The molecular formula is C34H24Br18. The molecule has 3 aromatic rings. The van der Waals surface area contributed by atoms with Crippen LogP contribution in [0.3, 0.4) is 0 Å². The van der Waals surface area contributed by atoms with Gasteiger partial charge in [0.1, 0.15) is 22.6 Å². The number of allylic oxidation sites excluding steroid dienone is 2. The summed E-state index contributed by atoms with van der Waals surface area (Å²) in [6, 6.07) is 19.9. The van der Waals surface area contributed by atoms with Crippen molar-refractivity contribution in [1.29, 1.82) is 0 Å². The maximum Gasteiger partial charge on any atom is 0.134 e. The molecule has 3 aliphatic carbocycles. The molecule has 2 saturated carbocycles. The van der Waals surface area contributed by atoms with Gasteiger partial charge in [-0.2, -0.15) is 0 Å². The zero-order chi connectivity index (χ0) is 39.0. The maximum absolute atomic E-state index is 4.50. The van der Waals surface area contributed by atoms with Crippen molar-refractivity contribution >= 4 is 308 Å². The highest BCUT2D eigenvalue weighted by Gasteiger charge is 2.94. The molecule has 286 valence electrons. The monoisotopic (exact) mass is 1850 g/mol. The van der Waals surface area contributed by atoms with Crippen LogP contribution >= 0.6 is 287 Å². The fourth-order valence-electron chi connectivity index (χ4n) is 7.96. The Morgan fingerprint density at radius 1 is 0.442 bits per heavy atom. The van der Waals surface area contributed by atoms with E-state index in [0.717, 1.165) is 44.1 Å². The average Bonchev–Trinajstić information content (AvgIpc) is 3.06. The van der Waals surface area contributed by atoms with E-state index >= 15 is 0 Å². The van der Waals surface area contributed by atoms with E-state index < -0.39 is 39.9 Å². The highest BCUT2D eigenvalue weighted by atomic mass is 79.9. The van der Waals surface area contributed by atoms with Crippen LogP contribution in [0, 0.1) is 0 Å². The van der Waals surface area contributed by atoms with Gasteiger partial charge in [0.05, 0.1) is 17.3 Å². The molecule has 6 rings (SSSR count). The Morgan fingerprint density at radius 3 is 1.65 bits per heavy atom. The second-order valence-electron chi connectivity index (χ2n) is 13.5. The van der Waals surface area contributed by atoms with Crippen LogP contribution in [0.1, 0.15) is 44.1 Å². The summed E-state index contributed by atoms with van der Waals surface area (Å²) in [5.41, 5.74) is 2.55. The third-order valence-electron chi connectivity index (χ3n) is 10.8. The molecule has 0 radical (unpaired) electrons. The molecule has 0 nitrogen and oxygen atoms in total. The molecule has 0 N–H and O–H groups in total. The van der Waals surface area contributed by atoms with Crippen LogP contribution in [-0.2, 0) is 6.42 Å². The molecule has 52 heavy (non-hydrogen) atoms. The lowest BCUT2D eigenvalue weighted by molar-refractivity contribution is 0.232. The number of rotatable bonds is 7. The number of alkyl halides is 18. The molecule has 0 aromatic heterocycles. The van der Waals surface area contributed by atoms with Crippen molar-refractivity contribution in [3.8, 4) is 0 Å². The first-order valence-corrected chi connectivity index (χ1v) is 29.9. The lowest BCUT2D eigenvalue weighted by atomic mass is 9.58. The maximum atomic E-state index is 4.50. The van der Waals surface area contributed by atoms with E-state index in [1.165, 1.54) is 27.1 Å². The normalized spacial score (nSPS) is 34.7. The number of halogens is 18. The number of hydrogen-bond donors (Lipinski definition) is 0. The van der Waals surface area contributed by atoms with Crippen LogP contribution in [0.2, 0.25) is 0 Å². The highest BCUT2D eigenvalue weighted by Crippen LogP contribution is 2.90. The van der Waals surface area contributed by atoms with Crippen molar-refractivity contribution in [3.63, 3.8) is 0 Å². The topological polar surface area (TPSA) is 0 Å². The molecule has 0 bridgehead atoms. The van der Waals surface area contributed by atoms with Gasteiger partial charge in [0.15, 0.2) is 0 Å². The van der Waals surface area contributed by atoms with E-state index in [2.05, 4.69) is 347 Å². The van der Waals surface area contributed by atoms with Crippen LogP contribution in [0.25, 0.3) is 21.5 Å². The van der Waals surface area contributed by atoms with E-state index in [9.17, 15) is 0 Å². The van der Waals surface area contributed by atoms with Gasteiger partial charge in [-0.15, -0.1) is 0 Å². The number of unbranched alkanes of at least 4 members (excludes halogenated alkanes) is 3. The van der Waals surface area contributed by atoms with Crippen LogP contribution < -0.4 is 0 Å². The second kappa shape index (κ2) is 15.9. The van der Waals surface area contributed by atoms with E-state index in [1.54, 1.807) is 0 Å². The van der Waals surface area contributed by atoms with Gasteiger partial charge in [-0.25, -0.2) is 0 Å². The molecule has 0 saturated heterocycles. The first kappa shape index (κ1) is 48.0. The Labute approximate surface area is 456 Å². The quantitative estimate of drug-likeness (QED) is 0.0957. The minimum atomic E-state index is -0.937. The Morgan fingerprint density at radius 2 is 1.00 bits per heavy atom. The van der Waals surface area contributed by atoms with E-state index in [1.807, 2.05) is 0 Å². The molecule has 0 amide bonds. The summed E-state index contributed by atoms with van der Waals surface area (Å²) in [4.78, 5) is 0. The summed E-state index contributed by atoms with van der Waals surface area (Å²) in [7, 11) is 0. The summed E-state index contributed by atoms with van der Waals surface area (Å²) in [5, 5.41) is 5.29. The largest absolute Gasteiger partial charge is 0.134 e. The summed E-state index contributed by atoms with van der Waals surface area (Å²) in [5.74, 6) is 0. The molecule has 18 heteroatoms. The van der Waals surface area contributed by atoms with E-state index in [-0.39, 0.29) is 0 Å². The molecule has 3 aliphatic rings. The van der Waals surface area contributed by atoms with Crippen molar-refractivity contribution in [2.75, 3.05) is 0 Å². The van der Waals surface area contributed by atoms with Gasteiger partial charge in [0, 0.05) is 0 Å². The molecule has 3 aromatic carbocycles. The third kappa shape index (κ3) is 6.22. The zero-order valence-corrected chi connectivity index (χ0v) is 54.6. The lowest BCUT2D eigenvalue weighted by Crippen LogP contribution is -2.90. The van der Waals surface area contributed by atoms with Gasteiger partial charge in [0.25, 0.3) is 0 Å². The Balaban J connectivity index is 1.33. The van der Waals surface area contributed by atoms with Gasteiger partial charge in [0.2, 0.25) is 0 Å². The molecule has 4 atom stereocenters. The van der Waals surface area contributed by atoms with Crippen molar-refractivity contribution in [2.24, 2.45) is 0 Å². The molecular weight excluding hydrogens is 1850 g/mol. The molecule has 2 fully saturated rings. The molecule has 4 unspecified atom stereocenters. The number of benzene rings is 3. The summed E-state index contributed by atoms with van der Waals surface area (Å²) in [6.45, 7) is 0. The van der Waals surface area contributed by atoms with Crippen molar-refractivity contribution < 1.29 is 0 Å². The second-order valence-corrected chi connectivity index (χ2v) is 42.7. The smallest absolute Gasteiger partial charge is 0.0808 e. The molecule has 0 heterocycles. The van der Waals surface area contributed by atoms with Crippen molar-refractivity contribution in [3.05, 3.63) is 71.8 Å². The molecule has 0 spiro atoms. The number of aryl methyl sites for hydroxylation is 1. The Bertz CT molecular complexity index is 1950. The average molecular weight is 1870 g/mol. The van der Waals surface area contributed by atoms with Crippen LogP contribution in [0.15, 0.2) is 66.2 Å². The highest BCUT2D eigenvalue weighted by molar-refractivity contribution is 9.35. The van der Waals surface area contributed by atoms with Gasteiger partial charge in [-0.3, -0.25) is 0 Å². The minimum Gasteiger partial charge on any atom is -0.0808 e. The van der Waals surface area contributed by atoms with Crippen LogP contribution in [0.5, 0.6) is 0 Å². The van der Waals surface area contributed by atoms with Crippen molar-refractivity contribution in [2.45, 2.75) is 84.9 Å². The van der Waals surface area contributed by atoms with Gasteiger partial charge in [-0.1, -0.05) is 367 Å². The fourth-order valence-corrected chi connectivity index (χ4v) is 30.9. The third-order valence-corrected chi connectivity index (χ3v) is 50.2. The van der Waals surface area contributed by atoms with E-state index in [4.69, 9.17) is 0 Å². The van der Waals surface area contributed by atoms with Gasteiger partial charge < -0.3 is 0 Å². The SMILES string of the molecule is BrC1(CCCCCCc2cccc3c2ccc2ccccc23)C2=CCC3(Br)C(Br)(Br)C(Br)(Br)C(Br)(Br)C(Br)(Br)C3(Br)C2(Br)C(Br)(Br)C(Br)(Br)C1(Br)Br. The summed E-state index contributed by atoms with van der Waals surface area (Å²) < 4.78 is -9.27. The van der Waals surface area contributed by atoms with Crippen LogP contribution in [-0.4, -0.2) is 39.9 Å². The Kier molecular flexibility index (Phi) is 14.7. The molecule has 0 aliphatic heterocycles. The predicted molar refractivity (Wildman–Crippen MR) is 292 cm³/mol. The van der Waals surface area contributed by atoms with Crippen molar-refractivity contribution in [1.82, 2.24) is 0 Å². The summed E-state index contributed by atoms with van der Waals surface area (Å²) >= 11 is 76.1.